The van der Waals surface area contributed by atoms with Crippen molar-refractivity contribution in [2.24, 2.45) is 0 Å². The molecule has 0 aromatic carbocycles. The van der Waals surface area contributed by atoms with Gasteiger partial charge in [0.1, 0.15) is 11.4 Å². The summed E-state index contributed by atoms with van der Waals surface area (Å²) in [6.07, 6.45) is -3.02. The lowest BCUT2D eigenvalue weighted by Crippen LogP contribution is -2.25. The molecule has 0 unspecified atom stereocenters. The second-order valence-corrected chi connectivity index (χ2v) is 4.97. The summed E-state index contributed by atoms with van der Waals surface area (Å²) in [4.78, 5) is 19.1. The maximum Gasteiger partial charge on any atom is 0.433 e. The third-order valence-electron chi connectivity index (χ3n) is 2.49. The summed E-state index contributed by atoms with van der Waals surface area (Å²) in [5.74, 6) is -0.689. The van der Waals surface area contributed by atoms with Crippen LogP contribution in [-0.2, 0) is 12.7 Å². The second kappa shape index (κ2) is 6.21. The van der Waals surface area contributed by atoms with E-state index in [0.717, 1.165) is 16.6 Å². The Morgan fingerprint density at radius 1 is 1.24 bits per heavy atom. The zero-order chi connectivity index (χ0) is 15.5. The summed E-state index contributed by atoms with van der Waals surface area (Å²) in [6, 6.07) is 6.61. The molecular formula is C13H9BrF3N3O. The lowest BCUT2D eigenvalue weighted by molar-refractivity contribution is -0.141. The number of alkyl halides is 3. The molecule has 0 bridgehead atoms. The lowest BCUT2D eigenvalue weighted by Gasteiger charge is -2.08. The minimum absolute atomic E-state index is 0.101. The van der Waals surface area contributed by atoms with Crippen LogP contribution in [0.5, 0.6) is 0 Å². The topological polar surface area (TPSA) is 54.9 Å². The van der Waals surface area contributed by atoms with Gasteiger partial charge in [-0.2, -0.15) is 13.2 Å². The minimum atomic E-state index is -4.58. The number of hydrogen-bond donors (Lipinski definition) is 1. The first-order chi connectivity index (χ1) is 9.86. The van der Waals surface area contributed by atoms with Gasteiger partial charge in [0.2, 0.25) is 0 Å². The van der Waals surface area contributed by atoms with Crippen LogP contribution < -0.4 is 5.32 Å². The van der Waals surface area contributed by atoms with Gasteiger partial charge in [0.25, 0.3) is 5.91 Å². The highest BCUT2D eigenvalue weighted by molar-refractivity contribution is 9.10. The maximum atomic E-state index is 12.5. The fraction of sp³-hybridized carbons (Fsp3) is 0.154. The van der Waals surface area contributed by atoms with Crippen LogP contribution in [0.4, 0.5) is 13.2 Å². The molecule has 0 aliphatic rings. The number of amides is 1. The van der Waals surface area contributed by atoms with Gasteiger partial charge in [0.05, 0.1) is 12.2 Å². The van der Waals surface area contributed by atoms with Gasteiger partial charge in [-0.05, 0) is 40.2 Å². The quantitative estimate of drug-likeness (QED) is 0.915. The predicted molar refractivity (Wildman–Crippen MR) is 72.3 cm³/mol. The summed E-state index contributed by atoms with van der Waals surface area (Å²) in [5, 5.41) is 2.47. The van der Waals surface area contributed by atoms with Crippen LogP contribution in [0, 0.1) is 0 Å². The summed E-state index contributed by atoms with van der Waals surface area (Å²) >= 11 is 3.22. The van der Waals surface area contributed by atoms with E-state index >= 15 is 0 Å². The van der Waals surface area contributed by atoms with Crippen molar-refractivity contribution < 1.29 is 18.0 Å². The third-order valence-corrected chi connectivity index (χ3v) is 2.96. The number of nitrogens with one attached hydrogen (secondary N) is 1. The van der Waals surface area contributed by atoms with E-state index in [1.165, 1.54) is 6.07 Å². The van der Waals surface area contributed by atoms with Gasteiger partial charge in [-0.1, -0.05) is 6.07 Å². The average Bonchev–Trinajstić information content (AvgIpc) is 2.45. The molecule has 21 heavy (non-hydrogen) atoms. The SMILES string of the molecule is O=C(NCc1ccc(Br)cn1)c1cccc(C(F)(F)F)n1. The molecule has 0 atom stereocenters. The van der Waals surface area contributed by atoms with Crippen LogP contribution >= 0.6 is 15.9 Å². The van der Waals surface area contributed by atoms with E-state index in [-0.39, 0.29) is 12.2 Å². The Kier molecular flexibility index (Phi) is 4.56. The first-order valence-corrected chi connectivity index (χ1v) is 6.58. The fourth-order valence-corrected chi connectivity index (χ4v) is 1.73. The Morgan fingerprint density at radius 3 is 2.62 bits per heavy atom. The molecule has 0 fully saturated rings. The molecule has 8 heteroatoms. The Labute approximate surface area is 126 Å². The Balaban J connectivity index is 2.05. The number of rotatable bonds is 3. The van der Waals surface area contributed by atoms with Gasteiger partial charge >= 0.3 is 6.18 Å². The van der Waals surface area contributed by atoms with E-state index in [1.807, 2.05) is 0 Å². The molecule has 0 aliphatic heterocycles. The molecule has 2 heterocycles. The molecule has 1 amide bonds. The van der Waals surface area contributed by atoms with Crippen LogP contribution in [0.3, 0.4) is 0 Å². The second-order valence-electron chi connectivity index (χ2n) is 4.06. The minimum Gasteiger partial charge on any atom is -0.345 e. The van der Waals surface area contributed by atoms with Crippen molar-refractivity contribution in [2.45, 2.75) is 12.7 Å². The van der Waals surface area contributed by atoms with Gasteiger partial charge in [-0.3, -0.25) is 9.78 Å². The molecule has 1 N–H and O–H groups in total. The molecule has 0 saturated heterocycles. The summed E-state index contributed by atoms with van der Waals surface area (Å²) in [6.45, 7) is 0.101. The zero-order valence-corrected chi connectivity index (χ0v) is 12.1. The van der Waals surface area contributed by atoms with Crippen LogP contribution in [-0.4, -0.2) is 15.9 Å². The highest BCUT2D eigenvalue weighted by atomic mass is 79.9. The van der Waals surface area contributed by atoms with Crippen LogP contribution in [0.25, 0.3) is 0 Å². The molecule has 0 saturated carbocycles. The largest absolute Gasteiger partial charge is 0.433 e. The number of halogens is 4. The number of aromatic nitrogens is 2. The molecular weight excluding hydrogens is 351 g/mol. The van der Waals surface area contributed by atoms with Gasteiger partial charge in [0.15, 0.2) is 0 Å². The van der Waals surface area contributed by atoms with Crippen molar-refractivity contribution in [3.63, 3.8) is 0 Å². The van der Waals surface area contributed by atoms with E-state index in [9.17, 15) is 18.0 Å². The van der Waals surface area contributed by atoms with Crippen LogP contribution in [0.2, 0.25) is 0 Å². The Hall–Kier alpha value is -1.96. The number of pyridine rings is 2. The van der Waals surface area contributed by atoms with Gasteiger partial charge in [-0.15, -0.1) is 0 Å². The predicted octanol–water partition coefficient (Wildman–Crippen LogP) is 3.19. The summed E-state index contributed by atoms with van der Waals surface area (Å²) in [5.41, 5.74) is -0.808. The number of nitrogens with zero attached hydrogens (tertiary/aromatic N) is 2. The summed E-state index contributed by atoms with van der Waals surface area (Å²) in [7, 11) is 0. The third kappa shape index (κ3) is 4.25. The van der Waals surface area contributed by atoms with E-state index in [0.29, 0.717) is 5.69 Å². The van der Waals surface area contributed by atoms with Crippen molar-refractivity contribution in [3.05, 3.63) is 58.1 Å². The van der Waals surface area contributed by atoms with E-state index < -0.39 is 17.8 Å². The molecule has 4 nitrogen and oxygen atoms in total. The van der Waals surface area contributed by atoms with Gasteiger partial charge in [-0.25, -0.2) is 4.98 Å². The van der Waals surface area contributed by atoms with E-state index in [1.54, 1.807) is 18.3 Å². The monoisotopic (exact) mass is 359 g/mol. The number of carbonyl (C=O) groups is 1. The Morgan fingerprint density at radius 2 is 2.00 bits per heavy atom. The standard InChI is InChI=1S/C13H9BrF3N3O/c14-8-4-5-9(18-6-8)7-19-12(21)10-2-1-3-11(20-10)13(15,16)17/h1-6H,7H2,(H,19,21). The van der Waals surface area contributed by atoms with Crippen molar-refractivity contribution >= 4 is 21.8 Å². The van der Waals surface area contributed by atoms with Crippen molar-refractivity contribution in [1.29, 1.82) is 0 Å². The highest BCUT2D eigenvalue weighted by Crippen LogP contribution is 2.27. The highest BCUT2D eigenvalue weighted by Gasteiger charge is 2.32. The molecule has 2 aromatic heterocycles. The smallest absolute Gasteiger partial charge is 0.345 e. The fourth-order valence-electron chi connectivity index (χ4n) is 1.49. The van der Waals surface area contributed by atoms with E-state index in [2.05, 4.69) is 31.2 Å². The number of carbonyl (C=O) groups excluding carboxylic acids is 1. The van der Waals surface area contributed by atoms with Gasteiger partial charge < -0.3 is 5.32 Å². The van der Waals surface area contributed by atoms with Crippen molar-refractivity contribution in [1.82, 2.24) is 15.3 Å². The average molecular weight is 360 g/mol. The van der Waals surface area contributed by atoms with E-state index in [4.69, 9.17) is 0 Å². The first kappa shape index (κ1) is 15.4. The molecule has 0 radical (unpaired) electrons. The maximum absolute atomic E-state index is 12.5. The van der Waals surface area contributed by atoms with Crippen molar-refractivity contribution in [3.8, 4) is 0 Å². The summed E-state index contributed by atoms with van der Waals surface area (Å²) < 4.78 is 38.3. The molecule has 110 valence electrons. The number of hydrogen-bond acceptors (Lipinski definition) is 3. The normalized spacial score (nSPS) is 11.2. The molecule has 0 aliphatic carbocycles. The molecule has 0 spiro atoms. The van der Waals surface area contributed by atoms with Gasteiger partial charge in [0, 0.05) is 10.7 Å². The Bertz CT molecular complexity index is 644. The van der Waals surface area contributed by atoms with Crippen molar-refractivity contribution in [2.75, 3.05) is 0 Å². The first-order valence-electron chi connectivity index (χ1n) is 5.79. The molecule has 2 rings (SSSR count). The zero-order valence-electron chi connectivity index (χ0n) is 10.5. The lowest BCUT2D eigenvalue weighted by atomic mass is 10.2. The molecule has 2 aromatic rings. The van der Waals surface area contributed by atoms with Crippen LogP contribution in [0.15, 0.2) is 41.0 Å². The van der Waals surface area contributed by atoms with Crippen LogP contribution in [0.1, 0.15) is 21.9 Å².